The minimum Gasteiger partial charge on any atom is -0.377 e. The molecule has 0 bridgehead atoms. The third kappa shape index (κ3) is 3.12. The highest BCUT2D eigenvalue weighted by Crippen LogP contribution is 2.05. The molecule has 13 heavy (non-hydrogen) atoms. The van der Waals surface area contributed by atoms with Crippen molar-refractivity contribution < 1.29 is 9.26 Å². The Morgan fingerprint density at radius 2 is 2.38 bits per heavy atom. The van der Waals surface area contributed by atoms with Gasteiger partial charge in [-0.3, -0.25) is 0 Å². The average molecular weight is 185 g/mol. The van der Waals surface area contributed by atoms with Crippen molar-refractivity contribution in [3.8, 4) is 0 Å². The molecule has 1 aromatic rings. The van der Waals surface area contributed by atoms with E-state index in [-0.39, 0.29) is 0 Å². The number of methoxy groups -OCH3 is 1. The van der Waals surface area contributed by atoms with Crippen LogP contribution in [-0.4, -0.2) is 23.8 Å². The molecule has 5 heteroatoms. The molecule has 0 aliphatic heterocycles. The molecule has 0 aliphatic rings. The lowest BCUT2D eigenvalue weighted by Gasteiger charge is -2.01. The summed E-state index contributed by atoms with van der Waals surface area (Å²) in [6, 6.07) is 0. The van der Waals surface area contributed by atoms with Gasteiger partial charge in [0.15, 0.2) is 5.82 Å². The Hall–Kier alpha value is -0.940. The molecule has 1 heterocycles. The van der Waals surface area contributed by atoms with E-state index in [2.05, 4.69) is 10.1 Å². The van der Waals surface area contributed by atoms with E-state index in [1.165, 1.54) is 0 Å². The molecule has 0 saturated heterocycles. The average Bonchev–Trinajstić information content (AvgIpc) is 2.53. The number of hydrogen-bond acceptors (Lipinski definition) is 5. The second kappa shape index (κ2) is 4.94. The van der Waals surface area contributed by atoms with Crippen molar-refractivity contribution >= 4 is 0 Å². The third-order valence-electron chi connectivity index (χ3n) is 1.71. The van der Waals surface area contributed by atoms with Crippen LogP contribution in [0.5, 0.6) is 0 Å². The Morgan fingerprint density at radius 1 is 1.62 bits per heavy atom. The van der Waals surface area contributed by atoms with Crippen molar-refractivity contribution in [2.75, 3.05) is 13.7 Å². The Labute approximate surface area is 77.3 Å². The number of ether oxygens (including phenoxy) is 1. The summed E-state index contributed by atoms with van der Waals surface area (Å²) in [7, 11) is 1.60. The lowest BCUT2D eigenvalue weighted by atomic mass is 10.1. The van der Waals surface area contributed by atoms with E-state index in [0.29, 0.717) is 30.8 Å². The van der Waals surface area contributed by atoms with Gasteiger partial charge in [0.25, 0.3) is 0 Å². The first-order valence-corrected chi connectivity index (χ1v) is 4.26. The van der Waals surface area contributed by atoms with E-state index in [1.807, 2.05) is 6.92 Å². The van der Waals surface area contributed by atoms with Gasteiger partial charge in [-0.15, -0.1) is 0 Å². The summed E-state index contributed by atoms with van der Waals surface area (Å²) in [5.41, 5.74) is 5.47. The van der Waals surface area contributed by atoms with Crippen LogP contribution in [-0.2, 0) is 17.8 Å². The van der Waals surface area contributed by atoms with Gasteiger partial charge in [0.2, 0.25) is 5.89 Å². The number of hydrogen-bond donors (Lipinski definition) is 1. The van der Waals surface area contributed by atoms with Crippen LogP contribution < -0.4 is 5.73 Å². The molecule has 5 nitrogen and oxygen atoms in total. The van der Waals surface area contributed by atoms with Crippen LogP contribution >= 0.6 is 0 Å². The van der Waals surface area contributed by atoms with Crippen LogP contribution in [0, 0.1) is 5.92 Å². The molecule has 0 aliphatic carbocycles. The summed E-state index contributed by atoms with van der Waals surface area (Å²) in [6.45, 7) is 3.06. The molecular formula is C8H15N3O2. The van der Waals surface area contributed by atoms with Crippen molar-refractivity contribution in [3.05, 3.63) is 11.7 Å². The predicted molar refractivity (Wildman–Crippen MR) is 46.9 cm³/mol. The van der Waals surface area contributed by atoms with E-state index < -0.39 is 0 Å². The van der Waals surface area contributed by atoms with E-state index in [0.717, 1.165) is 6.42 Å². The summed E-state index contributed by atoms with van der Waals surface area (Å²) in [5.74, 6) is 1.59. The van der Waals surface area contributed by atoms with Gasteiger partial charge < -0.3 is 15.0 Å². The molecule has 0 radical (unpaired) electrons. The fourth-order valence-corrected chi connectivity index (χ4v) is 0.942. The molecule has 74 valence electrons. The first kappa shape index (κ1) is 10.1. The maximum absolute atomic E-state index is 5.47. The SMILES string of the molecule is COCc1noc(CC(C)CN)n1. The normalized spacial score (nSPS) is 13.2. The lowest BCUT2D eigenvalue weighted by molar-refractivity contribution is 0.174. The molecule has 1 aromatic heterocycles. The standard InChI is InChI=1S/C8H15N3O2/c1-6(4-9)3-8-10-7(5-12-2)11-13-8/h6H,3-5,9H2,1-2H3. The van der Waals surface area contributed by atoms with Gasteiger partial charge >= 0.3 is 0 Å². The molecule has 1 unspecified atom stereocenters. The summed E-state index contributed by atoms with van der Waals surface area (Å²) in [6.07, 6.45) is 0.729. The molecular weight excluding hydrogens is 170 g/mol. The molecule has 1 atom stereocenters. The summed E-state index contributed by atoms with van der Waals surface area (Å²) in [5, 5.41) is 3.74. The van der Waals surface area contributed by atoms with E-state index >= 15 is 0 Å². The first-order chi connectivity index (χ1) is 6.26. The van der Waals surface area contributed by atoms with Gasteiger partial charge in [-0.2, -0.15) is 4.98 Å². The fourth-order valence-electron chi connectivity index (χ4n) is 0.942. The first-order valence-electron chi connectivity index (χ1n) is 4.26. The van der Waals surface area contributed by atoms with Gasteiger partial charge in [-0.05, 0) is 12.5 Å². The van der Waals surface area contributed by atoms with E-state index in [9.17, 15) is 0 Å². The van der Waals surface area contributed by atoms with Gasteiger partial charge in [0, 0.05) is 13.5 Å². The fraction of sp³-hybridized carbons (Fsp3) is 0.750. The van der Waals surface area contributed by atoms with Crippen molar-refractivity contribution in [2.45, 2.75) is 20.0 Å². The zero-order valence-corrected chi connectivity index (χ0v) is 7.99. The van der Waals surface area contributed by atoms with Crippen LogP contribution in [0.1, 0.15) is 18.6 Å². The Morgan fingerprint density at radius 3 is 3.00 bits per heavy atom. The monoisotopic (exact) mass is 185 g/mol. The second-order valence-electron chi connectivity index (χ2n) is 3.08. The maximum atomic E-state index is 5.47. The van der Waals surface area contributed by atoms with E-state index in [4.69, 9.17) is 15.0 Å². The summed E-state index contributed by atoms with van der Waals surface area (Å²) in [4.78, 5) is 4.13. The molecule has 0 amide bonds. The predicted octanol–water partition coefficient (Wildman–Crippen LogP) is 0.353. The highest BCUT2D eigenvalue weighted by molar-refractivity contribution is 4.85. The maximum Gasteiger partial charge on any atom is 0.227 e. The Kier molecular flexibility index (Phi) is 3.85. The van der Waals surface area contributed by atoms with Crippen LogP contribution in [0.15, 0.2) is 4.52 Å². The molecule has 1 rings (SSSR count). The van der Waals surface area contributed by atoms with Gasteiger partial charge in [0.1, 0.15) is 6.61 Å². The largest absolute Gasteiger partial charge is 0.377 e. The molecule has 0 spiro atoms. The quantitative estimate of drug-likeness (QED) is 0.716. The van der Waals surface area contributed by atoms with Crippen LogP contribution in [0.3, 0.4) is 0 Å². The van der Waals surface area contributed by atoms with Crippen molar-refractivity contribution in [2.24, 2.45) is 11.7 Å². The highest BCUT2D eigenvalue weighted by Gasteiger charge is 2.09. The molecule has 0 fully saturated rings. The Balaban J connectivity index is 2.48. The van der Waals surface area contributed by atoms with Crippen LogP contribution in [0.2, 0.25) is 0 Å². The minimum absolute atomic E-state index is 0.371. The zero-order chi connectivity index (χ0) is 9.68. The molecule has 2 N–H and O–H groups in total. The zero-order valence-electron chi connectivity index (χ0n) is 7.99. The van der Waals surface area contributed by atoms with Gasteiger partial charge in [-0.25, -0.2) is 0 Å². The topological polar surface area (TPSA) is 74.2 Å². The summed E-state index contributed by atoms with van der Waals surface area (Å²) < 4.78 is 9.86. The summed E-state index contributed by atoms with van der Waals surface area (Å²) >= 11 is 0. The Bertz CT molecular complexity index is 249. The molecule has 0 saturated carbocycles. The second-order valence-corrected chi connectivity index (χ2v) is 3.08. The van der Waals surface area contributed by atoms with Gasteiger partial charge in [0.05, 0.1) is 0 Å². The van der Waals surface area contributed by atoms with E-state index in [1.54, 1.807) is 7.11 Å². The third-order valence-corrected chi connectivity index (χ3v) is 1.71. The van der Waals surface area contributed by atoms with Crippen molar-refractivity contribution in [3.63, 3.8) is 0 Å². The molecule has 0 aromatic carbocycles. The lowest BCUT2D eigenvalue weighted by Crippen LogP contribution is -2.13. The van der Waals surface area contributed by atoms with Crippen LogP contribution in [0.25, 0.3) is 0 Å². The van der Waals surface area contributed by atoms with Crippen molar-refractivity contribution in [1.82, 2.24) is 10.1 Å². The number of aromatic nitrogens is 2. The number of rotatable bonds is 5. The smallest absolute Gasteiger partial charge is 0.227 e. The highest BCUT2D eigenvalue weighted by atomic mass is 16.5. The van der Waals surface area contributed by atoms with Crippen molar-refractivity contribution in [1.29, 1.82) is 0 Å². The van der Waals surface area contributed by atoms with Gasteiger partial charge in [-0.1, -0.05) is 12.1 Å². The minimum atomic E-state index is 0.371. The number of nitrogens with two attached hydrogens (primary N) is 1. The van der Waals surface area contributed by atoms with Crippen LogP contribution in [0.4, 0.5) is 0 Å². The number of nitrogens with zero attached hydrogens (tertiary/aromatic N) is 2.